The van der Waals surface area contributed by atoms with Crippen LogP contribution in [0.15, 0.2) is 158 Å². The molecule has 0 aliphatic carbocycles. The van der Waals surface area contributed by atoms with Gasteiger partial charge in [0.05, 0.1) is 11.4 Å². The highest BCUT2D eigenvalue weighted by Gasteiger charge is 2.27. The molecule has 4 heteroatoms. The SMILES string of the molecule is Clc1ccc(N(c2ccccc2)c2c(N(c3ccccc3)c3ccc(Cl)cc3)c3ccccc3c3ccccc23)cc1. The number of nitrogens with zero attached hydrogens (tertiary/aromatic N) is 2. The van der Waals surface area contributed by atoms with Crippen molar-refractivity contribution in [3.8, 4) is 0 Å². The molecule has 0 radical (unpaired) electrons. The van der Waals surface area contributed by atoms with E-state index in [9.17, 15) is 0 Å². The van der Waals surface area contributed by atoms with Crippen LogP contribution in [0.5, 0.6) is 0 Å². The average molecular weight is 582 g/mol. The molecule has 0 saturated carbocycles. The molecule has 2 nitrogen and oxygen atoms in total. The van der Waals surface area contributed by atoms with Gasteiger partial charge >= 0.3 is 0 Å². The fourth-order valence-electron chi connectivity index (χ4n) is 5.71. The molecule has 0 unspecified atom stereocenters. The van der Waals surface area contributed by atoms with Crippen LogP contribution in [0.3, 0.4) is 0 Å². The smallest absolute Gasteiger partial charge is 0.0788 e. The second-order valence-corrected chi connectivity index (χ2v) is 11.0. The third kappa shape index (κ3) is 4.75. The first-order valence-corrected chi connectivity index (χ1v) is 14.6. The quantitative estimate of drug-likeness (QED) is 0.142. The summed E-state index contributed by atoms with van der Waals surface area (Å²) in [6.45, 7) is 0. The average Bonchev–Trinajstić information content (AvgIpc) is 3.05. The summed E-state index contributed by atoms with van der Waals surface area (Å²) in [5.74, 6) is 0. The molecular formula is C38H26Cl2N2. The molecule has 7 aromatic rings. The van der Waals surface area contributed by atoms with Crippen LogP contribution >= 0.6 is 23.2 Å². The lowest BCUT2D eigenvalue weighted by Gasteiger charge is -2.35. The predicted octanol–water partition coefficient (Wildman–Crippen LogP) is 12.2. The second kappa shape index (κ2) is 11.3. The third-order valence-corrected chi connectivity index (χ3v) is 8.03. The standard InChI is InChI=1S/C38H26Cl2N2/c39-27-19-23-31(24-20-27)41(29-11-3-1-4-12-29)37-35-17-9-7-15-33(35)34-16-8-10-18-36(34)38(37)42(30-13-5-2-6-14-30)32-25-21-28(40)22-26-32/h1-26H. The Morgan fingerprint density at radius 3 is 0.929 bits per heavy atom. The molecule has 0 atom stereocenters. The molecule has 0 aliphatic rings. The highest BCUT2D eigenvalue weighted by molar-refractivity contribution is 6.31. The Bertz CT molecular complexity index is 1840. The van der Waals surface area contributed by atoms with E-state index in [1.165, 1.54) is 10.8 Å². The number of fused-ring (bicyclic) bond motifs is 3. The Hall–Kier alpha value is -4.76. The van der Waals surface area contributed by atoms with Crippen molar-refractivity contribution in [2.45, 2.75) is 0 Å². The fourth-order valence-corrected chi connectivity index (χ4v) is 5.96. The number of hydrogen-bond donors (Lipinski definition) is 0. The molecule has 0 amide bonds. The summed E-state index contributed by atoms with van der Waals surface area (Å²) in [5.41, 5.74) is 6.25. The van der Waals surface area contributed by atoms with E-state index in [-0.39, 0.29) is 0 Å². The first-order valence-electron chi connectivity index (χ1n) is 13.8. The van der Waals surface area contributed by atoms with Gasteiger partial charge in [0.1, 0.15) is 0 Å². The van der Waals surface area contributed by atoms with Crippen LogP contribution in [0.1, 0.15) is 0 Å². The van der Waals surface area contributed by atoms with Crippen molar-refractivity contribution in [1.29, 1.82) is 0 Å². The van der Waals surface area contributed by atoms with Crippen molar-refractivity contribution in [2.75, 3.05) is 9.80 Å². The van der Waals surface area contributed by atoms with Crippen molar-refractivity contribution in [2.24, 2.45) is 0 Å². The van der Waals surface area contributed by atoms with Gasteiger partial charge in [0, 0.05) is 43.6 Å². The van der Waals surface area contributed by atoms with Crippen molar-refractivity contribution in [3.63, 3.8) is 0 Å². The zero-order valence-corrected chi connectivity index (χ0v) is 24.2. The van der Waals surface area contributed by atoms with Gasteiger partial charge in [-0.15, -0.1) is 0 Å². The first kappa shape index (κ1) is 26.2. The number of anilines is 6. The second-order valence-electron chi connectivity index (χ2n) is 10.1. The fraction of sp³-hybridized carbons (Fsp3) is 0. The highest BCUT2D eigenvalue weighted by atomic mass is 35.5. The number of halogens is 2. The van der Waals surface area contributed by atoms with Crippen LogP contribution in [-0.2, 0) is 0 Å². The van der Waals surface area contributed by atoms with Gasteiger partial charge in [-0.05, 0) is 83.6 Å². The van der Waals surface area contributed by atoms with Crippen LogP contribution in [0, 0.1) is 0 Å². The van der Waals surface area contributed by atoms with E-state index in [1.54, 1.807) is 0 Å². The minimum absolute atomic E-state index is 0.697. The molecule has 0 heterocycles. The maximum atomic E-state index is 6.40. The van der Waals surface area contributed by atoms with E-state index in [4.69, 9.17) is 23.2 Å². The van der Waals surface area contributed by atoms with Gasteiger partial charge in [-0.1, -0.05) is 108 Å². The Morgan fingerprint density at radius 1 is 0.286 bits per heavy atom. The van der Waals surface area contributed by atoms with Crippen LogP contribution in [0.4, 0.5) is 34.1 Å². The number of para-hydroxylation sites is 2. The molecule has 0 bridgehead atoms. The molecule has 7 rings (SSSR count). The van der Waals surface area contributed by atoms with Crippen LogP contribution in [0.25, 0.3) is 21.5 Å². The van der Waals surface area contributed by atoms with Gasteiger partial charge in [-0.2, -0.15) is 0 Å². The minimum Gasteiger partial charge on any atom is -0.308 e. The molecular weight excluding hydrogens is 555 g/mol. The van der Waals surface area contributed by atoms with Gasteiger partial charge in [-0.3, -0.25) is 0 Å². The lowest BCUT2D eigenvalue weighted by atomic mass is 9.95. The zero-order valence-electron chi connectivity index (χ0n) is 22.7. The van der Waals surface area contributed by atoms with Crippen molar-refractivity contribution in [1.82, 2.24) is 0 Å². The van der Waals surface area contributed by atoms with Gasteiger partial charge in [0.15, 0.2) is 0 Å². The predicted molar refractivity (Wildman–Crippen MR) is 181 cm³/mol. The van der Waals surface area contributed by atoms with E-state index < -0.39 is 0 Å². The maximum Gasteiger partial charge on any atom is 0.0788 e. The summed E-state index contributed by atoms with van der Waals surface area (Å²) in [6.07, 6.45) is 0. The highest BCUT2D eigenvalue weighted by Crippen LogP contribution is 2.52. The van der Waals surface area contributed by atoms with E-state index in [0.717, 1.165) is 44.9 Å². The number of benzene rings is 7. The summed E-state index contributed by atoms with van der Waals surface area (Å²) < 4.78 is 0. The van der Waals surface area contributed by atoms with E-state index >= 15 is 0 Å². The van der Waals surface area contributed by atoms with Crippen LogP contribution in [0.2, 0.25) is 10.0 Å². The summed E-state index contributed by atoms with van der Waals surface area (Å²) >= 11 is 12.8. The summed E-state index contributed by atoms with van der Waals surface area (Å²) in [5, 5.41) is 6.04. The largest absolute Gasteiger partial charge is 0.308 e. The van der Waals surface area contributed by atoms with Gasteiger partial charge in [-0.25, -0.2) is 0 Å². The molecule has 0 spiro atoms. The Balaban J connectivity index is 1.68. The molecule has 0 aliphatic heterocycles. The summed E-state index contributed by atoms with van der Waals surface area (Å²) in [6, 6.07) is 54.5. The van der Waals surface area contributed by atoms with Crippen molar-refractivity contribution >= 4 is 78.9 Å². The maximum absolute atomic E-state index is 6.40. The molecule has 0 N–H and O–H groups in total. The first-order chi connectivity index (χ1) is 20.7. The summed E-state index contributed by atoms with van der Waals surface area (Å²) in [7, 11) is 0. The third-order valence-electron chi connectivity index (χ3n) is 7.52. The summed E-state index contributed by atoms with van der Waals surface area (Å²) in [4.78, 5) is 4.68. The van der Waals surface area contributed by atoms with Gasteiger partial charge in [0.25, 0.3) is 0 Å². The number of rotatable bonds is 6. The lowest BCUT2D eigenvalue weighted by Crippen LogP contribution is -2.18. The lowest BCUT2D eigenvalue weighted by molar-refractivity contribution is 1.25. The normalized spacial score (nSPS) is 11.1. The molecule has 0 aromatic heterocycles. The van der Waals surface area contributed by atoms with E-state index in [1.807, 2.05) is 36.4 Å². The van der Waals surface area contributed by atoms with E-state index in [0.29, 0.717) is 10.0 Å². The van der Waals surface area contributed by atoms with E-state index in [2.05, 4.69) is 131 Å². The zero-order chi connectivity index (χ0) is 28.5. The van der Waals surface area contributed by atoms with Crippen LogP contribution in [-0.4, -0.2) is 0 Å². The minimum atomic E-state index is 0.697. The topological polar surface area (TPSA) is 6.48 Å². The molecule has 0 saturated heterocycles. The molecule has 202 valence electrons. The number of hydrogen-bond acceptors (Lipinski definition) is 2. The Morgan fingerprint density at radius 2 is 0.571 bits per heavy atom. The Labute approximate surface area is 255 Å². The van der Waals surface area contributed by atoms with Crippen molar-refractivity contribution < 1.29 is 0 Å². The molecule has 7 aromatic carbocycles. The molecule has 42 heavy (non-hydrogen) atoms. The Kier molecular flexibility index (Phi) is 7.01. The van der Waals surface area contributed by atoms with Gasteiger partial charge < -0.3 is 9.80 Å². The van der Waals surface area contributed by atoms with Gasteiger partial charge in [0.2, 0.25) is 0 Å². The molecule has 0 fully saturated rings. The van der Waals surface area contributed by atoms with Crippen LogP contribution < -0.4 is 9.80 Å². The van der Waals surface area contributed by atoms with Crippen molar-refractivity contribution in [3.05, 3.63) is 168 Å². The monoisotopic (exact) mass is 580 g/mol.